The summed E-state index contributed by atoms with van der Waals surface area (Å²) in [7, 11) is 1.52. The quantitative estimate of drug-likeness (QED) is 0.273. The number of ether oxygens (including phenoxy) is 2. The summed E-state index contributed by atoms with van der Waals surface area (Å²) in [5.41, 5.74) is 13.9. The smallest absolute Gasteiger partial charge is 0.306 e. The van der Waals surface area contributed by atoms with Gasteiger partial charge >= 0.3 is 5.97 Å². The van der Waals surface area contributed by atoms with Gasteiger partial charge in [0, 0.05) is 49.2 Å². The average molecular weight is 589 g/mol. The maximum Gasteiger partial charge on any atom is 0.306 e. The number of carbonyl (C=O) groups is 4. The van der Waals surface area contributed by atoms with Crippen LogP contribution in [0.15, 0.2) is 36.4 Å². The highest BCUT2D eigenvalue weighted by Crippen LogP contribution is 2.29. The van der Waals surface area contributed by atoms with Gasteiger partial charge in [-0.15, -0.1) is 0 Å². The Labute approximate surface area is 252 Å². The van der Waals surface area contributed by atoms with Gasteiger partial charge in [-0.05, 0) is 81.8 Å². The van der Waals surface area contributed by atoms with Gasteiger partial charge in [0.05, 0.1) is 12.8 Å². The lowest BCUT2D eigenvalue weighted by molar-refractivity contribution is -0.155. The van der Waals surface area contributed by atoms with Crippen LogP contribution in [0, 0.1) is 17.8 Å². The molecule has 0 bridgehead atoms. The Kier molecular flexibility index (Phi) is 9.64. The fourth-order valence-corrected chi connectivity index (χ4v) is 5.56. The molecular weight excluding hydrogens is 548 g/mol. The number of hydrogen-bond donors (Lipinski definition) is 2. The summed E-state index contributed by atoms with van der Waals surface area (Å²) in [5.74, 6) is 5.67. The van der Waals surface area contributed by atoms with Crippen molar-refractivity contribution in [3.8, 4) is 17.6 Å². The summed E-state index contributed by atoms with van der Waals surface area (Å²) >= 11 is 0. The SMILES string of the molecule is COc1cc(C(=O)N2CCC[C@@H](CC#Cc3cccc4c3CN([C@@H](CCC(=O)OC(C)(C)C)C(N)=O)C4=O)C2)ccc1N. The second kappa shape index (κ2) is 13.2. The lowest BCUT2D eigenvalue weighted by atomic mass is 9.94. The number of rotatable bonds is 8. The van der Waals surface area contributed by atoms with E-state index in [1.54, 1.807) is 51.1 Å². The molecule has 0 aliphatic carbocycles. The number of benzene rings is 2. The van der Waals surface area contributed by atoms with E-state index in [2.05, 4.69) is 11.8 Å². The van der Waals surface area contributed by atoms with Crippen molar-refractivity contribution in [2.45, 2.75) is 71.1 Å². The minimum atomic E-state index is -0.944. The van der Waals surface area contributed by atoms with Gasteiger partial charge in [0.1, 0.15) is 17.4 Å². The number of piperidine rings is 1. The van der Waals surface area contributed by atoms with Crippen molar-refractivity contribution in [2.24, 2.45) is 11.7 Å². The first-order valence-corrected chi connectivity index (χ1v) is 14.5. The van der Waals surface area contributed by atoms with Crippen LogP contribution >= 0.6 is 0 Å². The molecule has 0 saturated carbocycles. The number of esters is 1. The molecule has 228 valence electrons. The van der Waals surface area contributed by atoms with Crippen LogP contribution < -0.4 is 16.2 Å². The first-order valence-electron chi connectivity index (χ1n) is 14.5. The number of nitrogens with zero attached hydrogens (tertiary/aromatic N) is 2. The molecule has 10 heteroatoms. The van der Waals surface area contributed by atoms with Gasteiger partial charge in [0.2, 0.25) is 5.91 Å². The number of fused-ring (bicyclic) bond motifs is 1. The number of hydrogen-bond acceptors (Lipinski definition) is 7. The Morgan fingerprint density at radius 1 is 1.16 bits per heavy atom. The van der Waals surface area contributed by atoms with Gasteiger partial charge in [0.15, 0.2) is 0 Å². The molecule has 2 aliphatic rings. The summed E-state index contributed by atoms with van der Waals surface area (Å²) in [4.78, 5) is 54.3. The monoisotopic (exact) mass is 588 g/mol. The fourth-order valence-electron chi connectivity index (χ4n) is 5.56. The number of amides is 3. The normalized spacial score (nSPS) is 17.0. The molecule has 2 atom stereocenters. The van der Waals surface area contributed by atoms with Crippen LogP contribution in [0.3, 0.4) is 0 Å². The summed E-state index contributed by atoms with van der Waals surface area (Å²) < 4.78 is 10.6. The maximum atomic E-state index is 13.3. The van der Waals surface area contributed by atoms with Crippen molar-refractivity contribution < 1.29 is 28.7 Å². The number of nitrogens with two attached hydrogens (primary N) is 2. The highest BCUT2D eigenvalue weighted by atomic mass is 16.6. The van der Waals surface area contributed by atoms with Crippen molar-refractivity contribution in [1.82, 2.24) is 9.80 Å². The molecule has 10 nitrogen and oxygen atoms in total. The zero-order valence-electron chi connectivity index (χ0n) is 25.3. The molecular formula is C33H40N4O6. The van der Waals surface area contributed by atoms with Crippen LogP contribution in [0.4, 0.5) is 5.69 Å². The Balaban J connectivity index is 1.41. The van der Waals surface area contributed by atoms with E-state index in [-0.39, 0.29) is 37.1 Å². The molecule has 4 rings (SSSR count). The van der Waals surface area contributed by atoms with Crippen LogP contribution in [-0.4, -0.2) is 65.3 Å². The molecule has 1 saturated heterocycles. The predicted octanol–water partition coefficient (Wildman–Crippen LogP) is 3.50. The van der Waals surface area contributed by atoms with E-state index in [9.17, 15) is 19.2 Å². The predicted molar refractivity (Wildman–Crippen MR) is 162 cm³/mol. The highest BCUT2D eigenvalue weighted by Gasteiger charge is 2.37. The molecule has 0 spiro atoms. The van der Waals surface area contributed by atoms with Gasteiger partial charge in [-0.2, -0.15) is 0 Å². The van der Waals surface area contributed by atoms with Crippen molar-refractivity contribution in [1.29, 1.82) is 0 Å². The van der Waals surface area contributed by atoms with Crippen LogP contribution in [0.1, 0.15) is 84.7 Å². The van der Waals surface area contributed by atoms with E-state index < -0.39 is 23.5 Å². The molecule has 1 fully saturated rings. The molecule has 43 heavy (non-hydrogen) atoms. The van der Waals surface area contributed by atoms with Gasteiger partial charge < -0.3 is 30.7 Å². The molecule has 4 N–H and O–H groups in total. The number of nitrogen functional groups attached to an aromatic ring is 1. The second-order valence-electron chi connectivity index (χ2n) is 12.0. The molecule has 3 amide bonds. The molecule has 2 aromatic rings. The maximum absolute atomic E-state index is 13.3. The van der Waals surface area contributed by atoms with Crippen molar-refractivity contribution in [3.63, 3.8) is 0 Å². The lowest BCUT2D eigenvalue weighted by Crippen LogP contribution is -2.45. The minimum absolute atomic E-state index is 0.0373. The first-order chi connectivity index (χ1) is 20.4. The Hall–Kier alpha value is -4.52. The molecule has 2 aromatic carbocycles. The van der Waals surface area contributed by atoms with Crippen molar-refractivity contribution >= 4 is 29.4 Å². The number of likely N-dealkylation sites (tertiary alicyclic amines) is 1. The van der Waals surface area contributed by atoms with Crippen molar-refractivity contribution in [3.05, 3.63) is 58.7 Å². The third-order valence-corrected chi connectivity index (χ3v) is 7.64. The van der Waals surface area contributed by atoms with Crippen LogP contribution in [0.25, 0.3) is 0 Å². The van der Waals surface area contributed by atoms with Crippen LogP contribution in [0.5, 0.6) is 5.75 Å². The van der Waals surface area contributed by atoms with E-state index in [1.165, 1.54) is 12.0 Å². The number of anilines is 1. The zero-order chi connectivity index (χ0) is 31.3. The van der Waals surface area contributed by atoms with Gasteiger partial charge in [-0.3, -0.25) is 19.2 Å². The third-order valence-electron chi connectivity index (χ3n) is 7.64. The summed E-state index contributed by atoms with van der Waals surface area (Å²) in [6.07, 6.45) is 2.47. The molecule has 0 unspecified atom stereocenters. The minimum Gasteiger partial charge on any atom is -0.495 e. The Bertz CT molecular complexity index is 1470. The highest BCUT2D eigenvalue weighted by molar-refractivity contribution is 6.01. The largest absolute Gasteiger partial charge is 0.495 e. The Morgan fingerprint density at radius 2 is 1.93 bits per heavy atom. The molecule has 2 heterocycles. The summed E-state index contributed by atoms with van der Waals surface area (Å²) in [5, 5.41) is 0. The lowest BCUT2D eigenvalue weighted by Gasteiger charge is -2.32. The zero-order valence-corrected chi connectivity index (χ0v) is 25.3. The Morgan fingerprint density at radius 3 is 2.63 bits per heavy atom. The number of primary amides is 1. The summed E-state index contributed by atoms with van der Waals surface area (Å²) in [6, 6.07) is 9.45. The van der Waals surface area contributed by atoms with Crippen LogP contribution in [0.2, 0.25) is 0 Å². The molecule has 0 radical (unpaired) electrons. The van der Waals surface area contributed by atoms with Gasteiger partial charge in [-0.1, -0.05) is 17.9 Å². The standard InChI is InChI=1S/C33H40N4O6/c1-33(2,3)43-29(38)16-15-27(30(35)39)37-20-25-22(11-6-12-24(25)32(37)41)10-5-8-21-9-7-17-36(19-21)31(40)23-13-14-26(34)28(18-23)42-4/h6,11-14,18,21,27H,7-9,15-17,19-20,34H2,1-4H3,(H2,35,39)/t21-,27+/m1/s1. The van der Waals surface area contributed by atoms with E-state index in [0.29, 0.717) is 47.6 Å². The van der Waals surface area contributed by atoms with Crippen LogP contribution in [-0.2, 0) is 20.9 Å². The van der Waals surface area contributed by atoms with E-state index >= 15 is 0 Å². The number of methoxy groups -OCH3 is 1. The van der Waals surface area contributed by atoms with Gasteiger partial charge in [-0.25, -0.2) is 0 Å². The number of carbonyl (C=O) groups excluding carboxylic acids is 4. The second-order valence-corrected chi connectivity index (χ2v) is 12.0. The molecule has 0 aromatic heterocycles. The third kappa shape index (κ3) is 7.66. The average Bonchev–Trinajstić information content (AvgIpc) is 3.28. The topological polar surface area (TPSA) is 145 Å². The summed E-state index contributed by atoms with van der Waals surface area (Å²) in [6.45, 7) is 6.75. The van der Waals surface area contributed by atoms with Gasteiger partial charge in [0.25, 0.3) is 11.8 Å². The van der Waals surface area contributed by atoms with E-state index in [0.717, 1.165) is 18.4 Å². The fraction of sp³-hybridized carbons (Fsp3) is 0.455. The molecule has 2 aliphatic heterocycles. The van der Waals surface area contributed by atoms with E-state index in [4.69, 9.17) is 20.9 Å². The first kappa shape index (κ1) is 31.4. The van der Waals surface area contributed by atoms with E-state index in [1.807, 2.05) is 11.0 Å². The van der Waals surface area contributed by atoms with Crippen molar-refractivity contribution in [2.75, 3.05) is 25.9 Å².